The van der Waals surface area contributed by atoms with Crippen molar-refractivity contribution in [3.05, 3.63) is 89.5 Å². The van der Waals surface area contributed by atoms with E-state index in [1.165, 1.54) is 16.7 Å². The van der Waals surface area contributed by atoms with Crippen LogP contribution in [0.1, 0.15) is 16.7 Å². The molecule has 4 rings (SSSR count). The number of aliphatic imine (C=N–C) groups is 1. The minimum Gasteiger partial charge on any atom is -0.335 e. The number of carbonyl (C=O) groups excluding carboxylic acids is 2. The third kappa shape index (κ3) is 5.23. The average Bonchev–Trinajstić information content (AvgIpc) is 3.05. The summed E-state index contributed by atoms with van der Waals surface area (Å²) in [4.78, 5) is 31.7. The van der Waals surface area contributed by atoms with Crippen molar-refractivity contribution in [2.45, 2.75) is 25.4 Å². The van der Waals surface area contributed by atoms with Crippen LogP contribution in [0.3, 0.4) is 0 Å². The van der Waals surface area contributed by atoms with Gasteiger partial charge in [-0.15, -0.1) is 0 Å². The molecule has 1 aliphatic rings. The fourth-order valence-electron chi connectivity index (χ4n) is 3.07. The molecule has 0 aromatic heterocycles. The van der Waals surface area contributed by atoms with Crippen LogP contribution in [-0.2, 0) is 4.79 Å². The van der Waals surface area contributed by atoms with E-state index in [-0.39, 0.29) is 11.1 Å². The maximum Gasteiger partial charge on any atom is 0.294 e. The Bertz CT molecular complexity index is 1160. The van der Waals surface area contributed by atoms with Gasteiger partial charge in [0.25, 0.3) is 11.1 Å². The number of benzene rings is 3. The molecule has 32 heavy (non-hydrogen) atoms. The number of anilines is 2. The topological polar surface area (TPSA) is 61.8 Å². The summed E-state index contributed by atoms with van der Waals surface area (Å²) in [5, 5.41) is 3.59. The van der Waals surface area contributed by atoms with Gasteiger partial charge in [0.05, 0.1) is 11.4 Å². The van der Waals surface area contributed by atoms with Crippen molar-refractivity contribution in [3.63, 3.8) is 0 Å². The van der Waals surface area contributed by atoms with Crippen molar-refractivity contribution in [1.82, 2.24) is 0 Å². The summed E-state index contributed by atoms with van der Waals surface area (Å²) in [7, 11) is 0. The van der Waals surface area contributed by atoms with E-state index in [1.807, 2.05) is 81.4 Å². The lowest BCUT2D eigenvalue weighted by molar-refractivity contribution is -0.115. The number of rotatable bonds is 4. The molecule has 0 spiro atoms. The number of hydrogen-bond donors (Lipinski definition) is 1. The first kappa shape index (κ1) is 22.2. The molecule has 1 saturated heterocycles. The fraction of sp³-hybridized carbons (Fsp3) is 0.160. The van der Waals surface area contributed by atoms with E-state index in [2.05, 4.69) is 5.32 Å². The van der Waals surface area contributed by atoms with E-state index in [9.17, 15) is 9.59 Å². The molecule has 1 aliphatic heterocycles. The normalized spacial score (nSPS) is 16.5. The third-order valence-electron chi connectivity index (χ3n) is 4.89. The summed E-state index contributed by atoms with van der Waals surface area (Å²) in [6.45, 7) is 6.02. The van der Waals surface area contributed by atoms with E-state index in [1.54, 1.807) is 12.1 Å². The molecule has 2 amide bonds. The van der Waals surface area contributed by atoms with Gasteiger partial charge in [0.2, 0.25) is 0 Å². The van der Waals surface area contributed by atoms with Gasteiger partial charge in [-0.25, -0.2) is 9.89 Å². The van der Waals surface area contributed by atoms with E-state index in [0.29, 0.717) is 10.9 Å². The number of hydrogen-bond acceptors (Lipinski definition) is 5. The molecule has 1 fully saturated rings. The summed E-state index contributed by atoms with van der Waals surface area (Å²) in [6.07, 6.45) is 0. The van der Waals surface area contributed by atoms with Crippen LogP contribution in [0.15, 0.2) is 77.8 Å². The van der Waals surface area contributed by atoms with Gasteiger partial charge in [-0.3, -0.25) is 9.59 Å². The molecule has 1 heterocycles. The molecule has 1 unspecified atom stereocenters. The second kappa shape index (κ2) is 9.63. The van der Waals surface area contributed by atoms with Gasteiger partial charge in [0, 0.05) is 5.69 Å². The lowest BCUT2D eigenvalue weighted by Gasteiger charge is -2.15. The van der Waals surface area contributed by atoms with Crippen molar-refractivity contribution >= 4 is 56.9 Å². The zero-order valence-electron chi connectivity index (χ0n) is 18.0. The summed E-state index contributed by atoms with van der Waals surface area (Å²) >= 11 is 2.27. The Morgan fingerprint density at radius 1 is 0.844 bits per heavy atom. The van der Waals surface area contributed by atoms with E-state index in [0.717, 1.165) is 39.8 Å². The van der Waals surface area contributed by atoms with Gasteiger partial charge in [-0.05, 0) is 68.9 Å². The van der Waals surface area contributed by atoms with E-state index in [4.69, 9.17) is 4.99 Å². The lowest BCUT2D eigenvalue weighted by Crippen LogP contribution is -2.31. The molecule has 162 valence electrons. The first-order valence-corrected chi connectivity index (χ1v) is 11.9. The van der Waals surface area contributed by atoms with Gasteiger partial charge >= 0.3 is 0 Å². The number of nitrogens with zero attached hydrogens (tertiary/aromatic N) is 2. The van der Waals surface area contributed by atoms with Gasteiger partial charge in [-0.2, -0.15) is 0 Å². The van der Waals surface area contributed by atoms with Crippen LogP contribution < -0.4 is 10.2 Å². The summed E-state index contributed by atoms with van der Waals surface area (Å²) in [5.41, 5.74) is 5.60. The van der Waals surface area contributed by atoms with Crippen molar-refractivity contribution in [3.8, 4) is 0 Å². The Morgan fingerprint density at radius 2 is 1.38 bits per heavy atom. The van der Waals surface area contributed by atoms with Gasteiger partial charge < -0.3 is 5.32 Å². The highest BCUT2D eigenvalue weighted by atomic mass is 32.2. The first-order chi connectivity index (χ1) is 15.4. The number of amidine groups is 1. The SMILES string of the molecule is Cc1ccc(N=C(Nc2ccc(C)cc2)SC2SC(=O)N(c3ccc(C)cc3)C2=O)cc1. The van der Waals surface area contributed by atoms with E-state index >= 15 is 0 Å². The molecule has 5 nitrogen and oxygen atoms in total. The zero-order valence-corrected chi connectivity index (χ0v) is 19.7. The standard InChI is InChI=1S/C25H23N3O2S2/c1-16-4-10-19(11-5-16)26-24(27-20-12-6-17(2)7-13-20)31-23-22(29)28(25(30)32-23)21-14-8-18(3)9-15-21/h4-15,23H,1-3H3,(H,26,27). The van der Waals surface area contributed by atoms with Crippen LogP contribution in [0.5, 0.6) is 0 Å². The van der Waals surface area contributed by atoms with Crippen LogP contribution >= 0.6 is 23.5 Å². The van der Waals surface area contributed by atoms with Crippen molar-refractivity contribution in [1.29, 1.82) is 0 Å². The van der Waals surface area contributed by atoms with Gasteiger partial charge in [0.15, 0.2) is 5.17 Å². The van der Waals surface area contributed by atoms with Crippen LogP contribution in [0.2, 0.25) is 0 Å². The highest BCUT2D eigenvalue weighted by Gasteiger charge is 2.42. The highest BCUT2D eigenvalue weighted by Crippen LogP contribution is 2.38. The number of aryl methyl sites for hydroxylation is 3. The molecule has 0 radical (unpaired) electrons. The predicted molar refractivity (Wildman–Crippen MR) is 136 cm³/mol. The Balaban J connectivity index is 1.59. The number of amides is 2. The number of carbonyl (C=O) groups is 2. The summed E-state index contributed by atoms with van der Waals surface area (Å²) in [6, 6.07) is 23.2. The number of imide groups is 1. The van der Waals surface area contributed by atoms with Crippen LogP contribution in [0.25, 0.3) is 0 Å². The van der Waals surface area contributed by atoms with Gasteiger partial charge in [-0.1, -0.05) is 64.9 Å². The Labute approximate surface area is 196 Å². The molecule has 7 heteroatoms. The smallest absolute Gasteiger partial charge is 0.294 e. The molecule has 0 saturated carbocycles. The van der Waals surface area contributed by atoms with Crippen molar-refractivity contribution in [2.75, 3.05) is 10.2 Å². The molecule has 1 N–H and O–H groups in total. The zero-order chi connectivity index (χ0) is 22.7. The third-order valence-corrected chi connectivity index (χ3v) is 7.10. The van der Waals surface area contributed by atoms with Crippen molar-refractivity contribution in [2.24, 2.45) is 4.99 Å². The number of nitrogens with one attached hydrogen (secondary N) is 1. The fourth-order valence-corrected chi connectivity index (χ4v) is 5.22. The molecule has 0 bridgehead atoms. The van der Waals surface area contributed by atoms with E-state index < -0.39 is 4.58 Å². The Hall–Kier alpha value is -3.03. The van der Waals surface area contributed by atoms with Crippen molar-refractivity contribution < 1.29 is 9.59 Å². The minimum atomic E-state index is -0.619. The molecule has 3 aromatic carbocycles. The lowest BCUT2D eigenvalue weighted by atomic mass is 10.2. The Morgan fingerprint density at radius 3 is 1.97 bits per heavy atom. The molecular weight excluding hydrogens is 438 g/mol. The van der Waals surface area contributed by atoms with Crippen LogP contribution in [-0.4, -0.2) is 20.9 Å². The molecule has 1 atom stereocenters. The summed E-state index contributed by atoms with van der Waals surface area (Å²) in [5.74, 6) is -0.254. The monoisotopic (exact) mass is 461 g/mol. The van der Waals surface area contributed by atoms with Crippen LogP contribution in [0, 0.1) is 20.8 Å². The molecule has 3 aromatic rings. The summed E-state index contributed by atoms with van der Waals surface area (Å²) < 4.78 is -0.619. The Kier molecular flexibility index (Phi) is 6.67. The quantitative estimate of drug-likeness (QED) is 0.347. The minimum absolute atomic E-state index is 0.254. The molecule has 0 aliphatic carbocycles. The maximum absolute atomic E-state index is 13.1. The highest BCUT2D eigenvalue weighted by molar-refractivity contribution is 8.31. The predicted octanol–water partition coefficient (Wildman–Crippen LogP) is 6.67. The second-order valence-electron chi connectivity index (χ2n) is 7.59. The second-order valence-corrected chi connectivity index (χ2v) is 10.0. The van der Waals surface area contributed by atoms with Gasteiger partial charge in [0.1, 0.15) is 4.58 Å². The molecular formula is C25H23N3O2S2. The first-order valence-electron chi connectivity index (χ1n) is 10.2. The number of thioether (sulfide) groups is 2. The largest absolute Gasteiger partial charge is 0.335 e. The average molecular weight is 462 g/mol. The van der Waals surface area contributed by atoms with Crippen LogP contribution in [0.4, 0.5) is 21.9 Å². The maximum atomic E-state index is 13.1.